The van der Waals surface area contributed by atoms with Gasteiger partial charge in [-0.05, 0) is 31.5 Å². The fourth-order valence-electron chi connectivity index (χ4n) is 1.84. The maximum atomic E-state index is 6.27. The Kier molecular flexibility index (Phi) is 3.95. The van der Waals surface area contributed by atoms with Gasteiger partial charge < -0.3 is 10.5 Å². The van der Waals surface area contributed by atoms with Gasteiger partial charge in [-0.25, -0.2) is 0 Å². The number of rotatable bonds is 4. The third-order valence-electron chi connectivity index (χ3n) is 2.66. The normalized spacial score (nSPS) is 12.4. The zero-order chi connectivity index (χ0) is 13.0. The molecule has 1 heterocycles. The molecule has 0 aliphatic heterocycles. The minimum atomic E-state index is -0.214. The fourth-order valence-corrected chi connectivity index (χ4v) is 1.84. The summed E-state index contributed by atoms with van der Waals surface area (Å²) in [5, 5.41) is 0. The molecule has 0 amide bonds. The molecule has 3 nitrogen and oxygen atoms in total. The highest BCUT2D eigenvalue weighted by molar-refractivity contribution is 5.40. The highest BCUT2D eigenvalue weighted by Gasteiger charge is 2.14. The molecule has 1 unspecified atom stereocenters. The molecule has 1 atom stereocenters. The number of hydrogen-bond acceptors (Lipinski definition) is 3. The molecule has 0 saturated carbocycles. The molecule has 0 aliphatic rings. The first kappa shape index (κ1) is 12.6. The number of para-hydroxylation sites is 1. The lowest BCUT2D eigenvalue weighted by Crippen LogP contribution is -2.15. The quantitative estimate of drug-likeness (QED) is 0.896. The van der Waals surface area contributed by atoms with E-state index < -0.39 is 0 Å². The average Bonchev–Trinajstić information content (AvgIpc) is 2.39. The maximum Gasteiger partial charge on any atom is 0.124 e. The van der Waals surface area contributed by atoms with Gasteiger partial charge in [0, 0.05) is 18.0 Å². The van der Waals surface area contributed by atoms with Crippen LogP contribution in [0.4, 0.5) is 0 Å². The summed E-state index contributed by atoms with van der Waals surface area (Å²) < 4.78 is 5.79. The van der Waals surface area contributed by atoms with E-state index in [-0.39, 0.29) is 12.1 Å². The Labute approximate surface area is 108 Å². The van der Waals surface area contributed by atoms with Crippen LogP contribution in [0, 0.1) is 0 Å². The van der Waals surface area contributed by atoms with E-state index in [4.69, 9.17) is 10.5 Å². The number of benzene rings is 1. The molecule has 0 fully saturated rings. The highest BCUT2D eigenvalue weighted by Crippen LogP contribution is 2.28. The van der Waals surface area contributed by atoms with Crippen molar-refractivity contribution < 1.29 is 4.74 Å². The molecule has 2 rings (SSSR count). The van der Waals surface area contributed by atoms with Crippen LogP contribution in [0.3, 0.4) is 0 Å². The Morgan fingerprint density at radius 2 is 1.89 bits per heavy atom. The van der Waals surface area contributed by atoms with Gasteiger partial charge in [0.2, 0.25) is 0 Å². The lowest BCUT2D eigenvalue weighted by molar-refractivity contribution is 0.239. The van der Waals surface area contributed by atoms with Crippen molar-refractivity contribution in [3.8, 4) is 5.75 Å². The third-order valence-corrected chi connectivity index (χ3v) is 2.66. The van der Waals surface area contributed by atoms with Gasteiger partial charge in [0.25, 0.3) is 0 Å². The van der Waals surface area contributed by atoms with Crippen LogP contribution in [0.1, 0.15) is 31.0 Å². The maximum absolute atomic E-state index is 6.27. The van der Waals surface area contributed by atoms with Crippen LogP contribution in [-0.2, 0) is 0 Å². The Morgan fingerprint density at radius 1 is 1.11 bits per heavy atom. The van der Waals surface area contributed by atoms with E-state index in [0.29, 0.717) is 0 Å². The smallest absolute Gasteiger partial charge is 0.124 e. The van der Waals surface area contributed by atoms with Gasteiger partial charge in [-0.15, -0.1) is 0 Å². The van der Waals surface area contributed by atoms with Crippen molar-refractivity contribution in [2.75, 3.05) is 0 Å². The molecule has 2 N–H and O–H groups in total. The van der Waals surface area contributed by atoms with Gasteiger partial charge in [-0.2, -0.15) is 0 Å². The molecule has 0 radical (unpaired) electrons. The zero-order valence-electron chi connectivity index (χ0n) is 10.7. The lowest BCUT2D eigenvalue weighted by atomic mass is 10.0. The van der Waals surface area contributed by atoms with Crippen LogP contribution in [0.5, 0.6) is 5.75 Å². The predicted molar refractivity (Wildman–Crippen MR) is 72.5 cm³/mol. The Balaban J connectivity index is 2.33. The number of hydrogen-bond donors (Lipinski definition) is 1. The monoisotopic (exact) mass is 242 g/mol. The predicted octanol–water partition coefficient (Wildman–Crippen LogP) is 2.92. The third kappa shape index (κ3) is 2.87. The molecule has 1 aromatic carbocycles. The fraction of sp³-hybridized carbons (Fsp3) is 0.267. The summed E-state index contributed by atoms with van der Waals surface area (Å²) >= 11 is 0. The van der Waals surface area contributed by atoms with Crippen LogP contribution in [0.15, 0.2) is 48.8 Å². The molecule has 0 spiro atoms. The standard InChI is InChI=1S/C15H18N2O/c1-11(2)18-14-8-4-3-7-13(14)15(16)12-6-5-9-17-10-12/h3-11,15H,16H2,1-2H3. The number of aromatic nitrogens is 1. The summed E-state index contributed by atoms with van der Waals surface area (Å²) in [4.78, 5) is 4.10. The number of ether oxygens (including phenoxy) is 1. The van der Waals surface area contributed by atoms with Gasteiger partial charge in [0.05, 0.1) is 12.1 Å². The van der Waals surface area contributed by atoms with Gasteiger partial charge in [-0.1, -0.05) is 24.3 Å². The summed E-state index contributed by atoms with van der Waals surface area (Å²) in [6.07, 6.45) is 3.66. The van der Waals surface area contributed by atoms with E-state index in [9.17, 15) is 0 Å². The molecular weight excluding hydrogens is 224 g/mol. The number of nitrogens with two attached hydrogens (primary N) is 1. The van der Waals surface area contributed by atoms with E-state index in [0.717, 1.165) is 16.9 Å². The molecule has 2 aromatic rings. The summed E-state index contributed by atoms with van der Waals surface area (Å²) in [5.41, 5.74) is 8.24. The second kappa shape index (κ2) is 5.65. The minimum Gasteiger partial charge on any atom is -0.491 e. The van der Waals surface area contributed by atoms with Crippen LogP contribution in [0.2, 0.25) is 0 Å². The van der Waals surface area contributed by atoms with Gasteiger partial charge in [0.15, 0.2) is 0 Å². The van der Waals surface area contributed by atoms with Crippen LogP contribution in [0.25, 0.3) is 0 Å². The lowest BCUT2D eigenvalue weighted by Gasteiger charge is -2.18. The van der Waals surface area contributed by atoms with Gasteiger partial charge >= 0.3 is 0 Å². The average molecular weight is 242 g/mol. The summed E-state index contributed by atoms with van der Waals surface area (Å²) in [7, 11) is 0. The van der Waals surface area contributed by atoms with Crippen molar-refractivity contribution in [1.82, 2.24) is 4.98 Å². The largest absolute Gasteiger partial charge is 0.491 e. The molecule has 3 heteroatoms. The topological polar surface area (TPSA) is 48.1 Å². The van der Waals surface area contributed by atoms with Crippen molar-refractivity contribution in [1.29, 1.82) is 0 Å². The first-order valence-electron chi connectivity index (χ1n) is 6.09. The van der Waals surface area contributed by atoms with Crippen LogP contribution >= 0.6 is 0 Å². The van der Waals surface area contributed by atoms with Gasteiger partial charge in [0.1, 0.15) is 5.75 Å². The van der Waals surface area contributed by atoms with Crippen molar-refractivity contribution in [3.63, 3.8) is 0 Å². The summed E-state index contributed by atoms with van der Waals surface area (Å²) in [6.45, 7) is 4.01. The van der Waals surface area contributed by atoms with Crippen LogP contribution in [-0.4, -0.2) is 11.1 Å². The number of nitrogens with zero attached hydrogens (tertiary/aromatic N) is 1. The molecule has 18 heavy (non-hydrogen) atoms. The molecule has 0 bridgehead atoms. The first-order valence-corrected chi connectivity index (χ1v) is 6.09. The molecule has 94 valence electrons. The van der Waals surface area contributed by atoms with E-state index in [1.165, 1.54) is 0 Å². The molecule has 0 aliphatic carbocycles. The van der Waals surface area contributed by atoms with Crippen molar-refractivity contribution in [2.24, 2.45) is 5.73 Å². The Hall–Kier alpha value is -1.87. The van der Waals surface area contributed by atoms with E-state index in [2.05, 4.69) is 4.98 Å². The zero-order valence-corrected chi connectivity index (χ0v) is 10.7. The molecular formula is C15H18N2O. The second-order valence-electron chi connectivity index (χ2n) is 4.47. The Morgan fingerprint density at radius 3 is 2.56 bits per heavy atom. The summed E-state index contributed by atoms with van der Waals surface area (Å²) in [5.74, 6) is 0.837. The summed E-state index contributed by atoms with van der Waals surface area (Å²) in [6, 6.07) is 11.5. The number of pyridine rings is 1. The van der Waals surface area contributed by atoms with Crippen molar-refractivity contribution in [2.45, 2.75) is 26.0 Å². The molecule has 0 saturated heterocycles. The van der Waals surface area contributed by atoms with Gasteiger partial charge in [-0.3, -0.25) is 4.98 Å². The van der Waals surface area contributed by atoms with Crippen LogP contribution < -0.4 is 10.5 Å². The first-order chi connectivity index (χ1) is 8.68. The second-order valence-corrected chi connectivity index (χ2v) is 4.47. The highest BCUT2D eigenvalue weighted by atomic mass is 16.5. The van der Waals surface area contributed by atoms with E-state index >= 15 is 0 Å². The Bertz CT molecular complexity index is 497. The minimum absolute atomic E-state index is 0.132. The molecule has 1 aromatic heterocycles. The van der Waals surface area contributed by atoms with Crippen molar-refractivity contribution >= 4 is 0 Å². The van der Waals surface area contributed by atoms with E-state index in [1.54, 1.807) is 12.4 Å². The van der Waals surface area contributed by atoms with E-state index in [1.807, 2.05) is 50.2 Å². The van der Waals surface area contributed by atoms with Crippen molar-refractivity contribution in [3.05, 3.63) is 59.9 Å². The SMILES string of the molecule is CC(C)Oc1ccccc1C(N)c1cccnc1.